The van der Waals surface area contributed by atoms with Crippen LogP contribution in [-0.4, -0.2) is 24.8 Å². The number of carbonyl (C=O) groups excluding carboxylic acids is 1. The Hall–Kier alpha value is -2.69. The van der Waals surface area contributed by atoms with Crippen molar-refractivity contribution < 1.29 is 24.1 Å². The second-order valence-electron chi connectivity index (χ2n) is 4.49. The Labute approximate surface area is 129 Å². The number of esters is 1. The molecule has 0 aliphatic rings. The molecule has 0 fully saturated rings. The number of carbonyl (C=O) groups is 1. The van der Waals surface area contributed by atoms with Gasteiger partial charge in [0.25, 0.3) is 0 Å². The lowest BCUT2D eigenvalue weighted by molar-refractivity contribution is -0.151. The Kier molecular flexibility index (Phi) is 5.25. The predicted octanol–water partition coefficient (Wildman–Crippen LogP) is 3.08. The summed E-state index contributed by atoms with van der Waals surface area (Å²) in [5, 5.41) is 9.67. The van der Waals surface area contributed by atoms with Crippen molar-refractivity contribution in [1.29, 1.82) is 0 Å². The number of aromatic hydroxyl groups is 1. The summed E-state index contributed by atoms with van der Waals surface area (Å²) in [4.78, 5) is 12.2. The first-order chi connectivity index (χ1) is 10.7. The maximum atomic E-state index is 12.2. The summed E-state index contributed by atoms with van der Waals surface area (Å²) in [6.07, 6.45) is -0.933. The van der Waals surface area contributed by atoms with E-state index < -0.39 is 12.1 Å². The summed E-state index contributed by atoms with van der Waals surface area (Å²) < 4.78 is 15.9. The number of methoxy groups -OCH3 is 1. The highest BCUT2D eigenvalue weighted by Crippen LogP contribution is 2.31. The SMILES string of the molecule is CCOC(=O)C(Oc1ccccc1)c1ccc(O)c(OC)c1. The summed E-state index contributed by atoms with van der Waals surface area (Å²) in [5.74, 6) is 0.309. The standard InChI is InChI=1S/C17H18O5/c1-3-21-17(19)16(22-13-7-5-4-6-8-13)12-9-10-14(18)15(11-12)20-2/h4-11,16,18H,3H2,1-2H3. The Bertz CT molecular complexity index is 624. The van der Waals surface area contributed by atoms with Crippen LogP contribution in [0.25, 0.3) is 0 Å². The van der Waals surface area contributed by atoms with E-state index in [1.807, 2.05) is 18.2 Å². The molecule has 0 spiro atoms. The molecule has 0 saturated heterocycles. The maximum Gasteiger partial charge on any atom is 0.352 e. The van der Waals surface area contributed by atoms with Crippen molar-refractivity contribution in [3.05, 3.63) is 54.1 Å². The molecule has 1 unspecified atom stereocenters. The highest BCUT2D eigenvalue weighted by atomic mass is 16.6. The predicted molar refractivity (Wildman–Crippen MR) is 81.1 cm³/mol. The van der Waals surface area contributed by atoms with Crippen LogP contribution in [-0.2, 0) is 9.53 Å². The van der Waals surface area contributed by atoms with E-state index in [1.54, 1.807) is 31.2 Å². The molecular weight excluding hydrogens is 284 g/mol. The van der Waals surface area contributed by atoms with Crippen molar-refractivity contribution in [3.63, 3.8) is 0 Å². The first-order valence-electron chi connectivity index (χ1n) is 6.91. The number of hydrogen-bond donors (Lipinski definition) is 1. The van der Waals surface area contributed by atoms with Crippen molar-refractivity contribution in [2.75, 3.05) is 13.7 Å². The van der Waals surface area contributed by atoms with E-state index in [1.165, 1.54) is 13.2 Å². The quantitative estimate of drug-likeness (QED) is 0.831. The average molecular weight is 302 g/mol. The van der Waals surface area contributed by atoms with E-state index >= 15 is 0 Å². The summed E-state index contributed by atoms with van der Waals surface area (Å²) in [6, 6.07) is 13.6. The second-order valence-corrected chi connectivity index (χ2v) is 4.49. The van der Waals surface area contributed by atoms with Crippen LogP contribution in [0.5, 0.6) is 17.2 Å². The van der Waals surface area contributed by atoms with Crippen LogP contribution in [0.4, 0.5) is 0 Å². The van der Waals surface area contributed by atoms with Gasteiger partial charge in [-0.15, -0.1) is 0 Å². The smallest absolute Gasteiger partial charge is 0.352 e. The van der Waals surface area contributed by atoms with Gasteiger partial charge in [-0.1, -0.05) is 24.3 Å². The Balaban J connectivity index is 2.33. The van der Waals surface area contributed by atoms with Gasteiger partial charge in [0.05, 0.1) is 13.7 Å². The summed E-state index contributed by atoms with van der Waals surface area (Å²) in [6.45, 7) is 1.98. The number of hydrogen-bond acceptors (Lipinski definition) is 5. The monoisotopic (exact) mass is 302 g/mol. The van der Waals surface area contributed by atoms with Crippen molar-refractivity contribution in [2.24, 2.45) is 0 Å². The fourth-order valence-electron chi connectivity index (χ4n) is 1.96. The molecule has 2 rings (SSSR count). The highest BCUT2D eigenvalue weighted by Gasteiger charge is 2.25. The molecule has 2 aromatic rings. The number of phenols is 1. The lowest BCUT2D eigenvalue weighted by atomic mass is 10.1. The van der Waals surface area contributed by atoms with E-state index in [2.05, 4.69) is 0 Å². The fourth-order valence-corrected chi connectivity index (χ4v) is 1.96. The zero-order valence-electron chi connectivity index (χ0n) is 12.5. The molecule has 0 aliphatic carbocycles. The van der Waals surface area contributed by atoms with Crippen molar-refractivity contribution in [1.82, 2.24) is 0 Å². The molecule has 22 heavy (non-hydrogen) atoms. The fraction of sp³-hybridized carbons (Fsp3) is 0.235. The molecule has 0 heterocycles. The van der Waals surface area contributed by atoms with Crippen LogP contribution in [0.2, 0.25) is 0 Å². The third kappa shape index (κ3) is 3.69. The third-order valence-corrected chi connectivity index (χ3v) is 3.00. The van der Waals surface area contributed by atoms with Crippen molar-refractivity contribution in [2.45, 2.75) is 13.0 Å². The van der Waals surface area contributed by atoms with E-state index in [9.17, 15) is 9.90 Å². The van der Waals surface area contributed by atoms with Crippen molar-refractivity contribution in [3.8, 4) is 17.2 Å². The topological polar surface area (TPSA) is 65.0 Å². The van der Waals surface area contributed by atoms with E-state index in [-0.39, 0.29) is 18.1 Å². The molecule has 0 bridgehead atoms. The van der Waals surface area contributed by atoms with Crippen molar-refractivity contribution >= 4 is 5.97 Å². The first kappa shape index (κ1) is 15.7. The third-order valence-electron chi connectivity index (χ3n) is 3.00. The molecule has 5 heteroatoms. The van der Waals surface area contributed by atoms with Crippen LogP contribution in [0.1, 0.15) is 18.6 Å². The average Bonchev–Trinajstić information content (AvgIpc) is 2.54. The number of benzene rings is 2. The van der Waals surface area contributed by atoms with Gasteiger partial charge in [0.1, 0.15) is 5.75 Å². The molecule has 1 N–H and O–H groups in total. The second kappa shape index (κ2) is 7.36. The Morgan fingerprint density at radius 2 is 1.91 bits per heavy atom. The Morgan fingerprint density at radius 3 is 2.55 bits per heavy atom. The Morgan fingerprint density at radius 1 is 1.18 bits per heavy atom. The zero-order chi connectivity index (χ0) is 15.9. The normalized spacial score (nSPS) is 11.5. The minimum Gasteiger partial charge on any atom is -0.504 e. The highest BCUT2D eigenvalue weighted by molar-refractivity contribution is 5.77. The van der Waals surface area contributed by atoms with Gasteiger partial charge < -0.3 is 19.3 Å². The van der Waals surface area contributed by atoms with Gasteiger partial charge in [0.2, 0.25) is 6.10 Å². The minimum absolute atomic E-state index is 0.00595. The lowest BCUT2D eigenvalue weighted by Gasteiger charge is -2.18. The van der Waals surface area contributed by atoms with Gasteiger partial charge in [-0.05, 0) is 31.2 Å². The molecule has 2 aromatic carbocycles. The van der Waals surface area contributed by atoms with Gasteiger partial charge in [0, 0.05) is 5.56 Å². The molecule has 5 nitrogen and oxygen atoms in total. The molecule has 0 radical (unpaired) electrons. The zero-order valence-corrected chi connectivity index (χ0v) is 12.5. The van der Waals surface area contributed by atoms with Crippen LogP contribution >= 0.6 is 0 Å². The molecule has 116 valence electrons. The van der Waals surface area contributed by atoms with E-state index in [0.29, 0.717) is 11.3 Å². The molecule has 0 aromatic heterocycles. The number of rotatable bonds is 6. The summed E-state index contributed by atoms with van der Waals surface area (Å²) >= 11 is 0. The summed E-state index contributed by atoms with van der Waals surface area (Å²) in [7, 11) is 1.44. The van der Waals surface area contributed by atoms with Crippen LogP contribution < -0.4 is 9.47 Å². The van der Waals surface area contributed by atoms with Gasteiger partial charge in [-0.2, -0.15) is 0 Å². The first-order valence-corrected chi connectivity index (χ1v) is 6.91. The van der Waals surface area contributed by atoms with Crippen LogP contribution in [0.3, 0.4) is 0 Å². The van der Waals surface area contributed by atoms with Gasteiger partial charge in [0.15, 0.2) is 11.5 Å². The van der Waals surface area contributed by atoms with Crippen LogP contribution in [0.15, 0.2) is 48.5 Å². The molecular formula is C17H18O5. The maximum absolute atomic E-state index is 12.2. The molecule has 0 amide bonds. The summed E-state index contributed by atoms with van der Waals surface area (Å²) in [5.41, 5.74) is 0.539. The molecule has 0 saturated carbocycles. The van der Waals surface area contributed by atoms with Gasteiger partial charge in [-0.25, -0.2) is 4.79 Å². The number of phenolic OH excluding ortho intramolecular Hbond substituents is 1. The lowest BCUT2D eigenvalue weighted by Crippen LogP contribution is -2.21. The minimum atomic E-state index is -0.933. The number of para-hydroxylation sites is 1. The largest absolute Gasteiger partial charge is 0.504 e. The van der Waals surface area contributed by atoms with Crippen LogP contribution in [0, 0.1) is 0 Å². The number of ether oxygens (including phenoxy) is 3. The molecule has 0 aliphatic heterocycles. The van der Waals surface area contributed by atoms with E-state index in [0.717, 1.165) is 0 Å². The molecule has 1 atom stereocenters. The van der Waals surface area contributed by atoms with Gasteiger partial charge >= 0.3 is 5.97 Å². The van der Waals surface area contributed by atoms with Gasteiger partial charge in [-0.3, -0.25) is 0 Å². The van der Waals surface area contributed by atoms with E-state index in [4.69, 9.17) is 14.2 Å².